The second kappa shape index (κ2) is 9.00. The summed E-state index contributed by atoms with van der Waals surface area (Å²) in [5.74, 6) is -3.59. The Bertz CT molecular complexity index is 1190. The van der Waals surface area contributed by atoms with Crippen LogP contribution in [0, 0.1) is 5.92 Å². The lowest BCUT2D eigenvalue weighted by atomic mass is 9.58. The van der Waals surface area contributed by atoms with Gasteiger partial charge in [0.1, 0.15) is 17.6 Å². The molecule has 3 N–H and O–H groups in total. The predicted octanol–water partition coefficient (Wildman–Crippen LogP) is 4.79. The summed E-state index contributed by atoms with van der Waals surface area (Å²) in [6, 6.07) is 6.89. The molecule has 1 fully saturated rings. The van der Waals surface area contributed by atoms with Gasteiger partial charge in [-0.25, -0.2) is 0 Å². The minimum absolute atomic E-state index is 0.0887. The van der Waals surface area contributed by atoms with Gasteiger partial charge in [0.25, 0.3) is 5.91 Å². The van der Waals surface area contributed by atoms with Crippen molar-refractivity contribution in [2.24, 2.45) is 11.7 Å². The van der Waals surface area contributed by atoms with Crippen LogP contribution < -0.4 is 15.4 Å². The van der Waals surface area contributed by atoms with Gasteiger partial charge in [-0.2, -0.15) is 0 Å². The molecule has 0 bridgehead atoms. The number of carbonyl (C=O) groups is 3. The molecule has 2 aromatic rings. The van der Waals surface area contributed by atoms with Crippen molar-refractivity contribution in [3.05, 3.63) is 57.6 Å². The summed E-state index contributed by atoms with van der Waals surface area (Å²) in [6.45, 7) is 0. The first-order valence-corrected chi connectivity index (χ1v) is 11.3. The second-order valence-corrected chi connectivity index (χ2v) is 9.39. The number of ether oxygens (including phenoxy) is 1. The van der Waals surface area contributed by atoms with Crippen molar-refractivity contribution in [2.75, 3.05) is 4.90 Å². The number of fused-ring (bicyclic) bond motifs is 2. The number of nitrogens with two attached hydrogens (primary N) is 1. The highest BCUT2D eigenvalue weighted by Gasteiger charge is 2.57. The molecule has 1 heterocycles. The van der Waals surface area contributed by atoms with E-state index in [-0.39, 0.29) is 21.3 Å². The van der Waals surface area contributed by atoms with Crippen molar-refractivity contribution < 1.29 is 37.4 Å². The fourth-order valence-electron chi connectivity index (χ4n) is 4.98. The largest absolute Gasteiger partial charge is 0.573 e. The summed E-state index contributed by atoms with van der Waals surface area (Å²) in [4.78, 5) is 38.5. The SMILES string of the molecule is NC(CC=O)(C(=O)O)C1c2cc(Cl)c(Cl)cc2N(C(=O)c2ccc(OC(F)(F)F)cc2)C2CCC21. The van der Waals surface area contributed by atoms with Gasteiger partial charge in [0.05, 0.1) is 10.0 Å². The highest BCUT2D eigenvalue weighted by atomic mass is 35.5. The number of carboxylic acids is 1. The Morgan fingerprint density at radius 2 is 1.77 bits per heavy atom. The summed E-state index contributed by atoms with van der Waals surface area (Å²) in [7, 11) is 0. The Kier molecular flexibility index (Phi) is 6.50. The molecule has 4 atom stereocenters. The van der Waals surface area contributed by atoms with Gasteiger partial charge in [0, 0.05) is 29.6 Å². The van der Waals surface area contributed by atoms with Crippen molar-refractivity contribution in [3.8, 4) is 5.75 Å². The highest BCUT2D eigenvalue weighted by molar-refractivity contribution is 6.42. The zero-order chi connectivity index (χ0) is 25.7. The first kappa shape index (κ1) is 25.3. The Labute approximate surface area is 207 Å². The zero-order valence-corrected chi connectivity index (χ0v) is 19.4. The number of alkyl halides is 3. The molecule has 0 saturated heterocycles. The number of halogens is 5. The van der Waals surface area contributed by atoms with Gasteiger partial charge in [-0.1, -0.05) is 23.2 Å². The van der Waals surface area contributed by atoms with Gasteiger partial charge >= 0.3 is 12.3 Å². The van der Waals surface area contributed by atoms with Gasteiger partial charge in [0.2, 0.25) is 0 Å². The minimum Gasteiger partial charge on any atom is -0.480 e. The minimum atomic E-state index is -4.87. The molecule has 0 aromatic heterocycles. The van der Waals surface area contributed by atoms with E-state index < -0.39 is 53.8 Å². The molecule has 1 aliphatic heterocycles. The average molecular weight is 531 g/mol. The van der Waals surface area contributed by atoms with E-state index in [1.54, 1.807) is 0 Å². The Morgan fingerprint density at radius 1 is 1.14 bits per heavy atom. The molecule has 7 nitrogen and oxygen atoms in total. The van der Waals surface area contributed by atoms with Crippen molar-refractivity contribution in [3.63, 3.8) is 0 Å². The van der Waals surface area contributed by atoms with Crippen LogP contribution in [-0.2, 0) is 9.59 Å². The molecule has 0 radical (unpaired) electrons. The normalized spacial score (nSPS) is 22.8. The zero-order valence-electron chi connectivity index (χ0n) is 17.9. The summed E-state index contributed by atoms with van der Waals surface area (Å²) >= 11 is 12.5. The fraction of sp³-hybridized carbons (Fsp3) is 0.348. The average Bonchev–Trinajstić information content (AvgIpc) is 2.75. The first-order chi connectivity index (χ1) is 16.4. The van der Waals surface area contributed by atoms with Crippen molar-refractivity contribution in [2.45, 2.75) is 43.1 Å². The molecule has 1 aliphatic carbocycles. The van der Waals surface area contributed by atoms with Crippen LogP contribution in [0.25, 0.3) is 0 Å². The quantitative estimate of drug-likeness (QED) is 0.519. The van der Waals surface area contributed by atoms with Crippen LogP contribution >= 0.6 is 23.2 Å². The number of aldehydes is 1. The molecule has 2 aliphatic rings. The van der Waals surface area contributed by atoms with Crippen molar-refractivity contribution >= 4 is 47.1 Å². The van der Waals surface area contributed by atoms with E-state index in [0.717, 1.165) is 12.1 Å². The van der Waals surface area contributed by atoms with E-state index in [1.807, 2.05) is 0 Å². The van der Waals surface area contributed by atoms with Gasteiger partial charge < -0.3 is 25.3 Å². The molecule has 1 saturated carbocycles. The molecule has 1 amide bonds. The Hall–Kier alpha value is -2.82. The number of hydrogen-bond donors (Lipinski definition) is 2. The van der Waals surface area contributed by atoms with E-state index in [1.165, 1.54) is 29.2 Å². The van der Waals surface area contributed by atoms with Crippen LogP contribution in [-0.4, -0.2) is 41.2 Å². The lowest BCUT2D eigenvalue weighted by Gasteiger charge is -2.55. The molecule has 0 spiro atoms. The van der Waals surface area contributed by atoms with Gasteiger partial charge in [-0.15, -0.1) is 13.2 Å². The number of carbonyl (C=O) groups excluding carboxylic acids is 2. The number of hydrogen-bond acceptors (Lipinski definition) is 5. The Morgan fingerprint density at radius 3 is 2.29 bits per heavy atom. The monoisotopic (exact) mass is 530 g/mol. The van der Waals surface area contributed by atoms with E-state index in [2.05, 4.69) is 4.74 Å². The van der Waals surface area contributed by atoms with Crippen LogP contribution in [0.15, 0.2) is 36.4 Å². The van der Waals surface area contributed by atoms with Crippen LogP contribution in [0.4, 0.5) is 18.9 Å². The lowest BCUT2D eigenvalue weighted by molar-refractivity contribution is -0.274. The maximum atomic E-state index is 13.5. The highest BCUT2D eigenvalue weighted by Crippen LogP contribution is 2.56. The predicted molar refractivity (Wildman–Crippen MR) is 121 cm³/mol. The van der Waals surface area contributed by atoms with Crippen molar-refractivity contribution in [1.29, 1.82) is 0 Å². The van der Waals surface area contributed by atoms with E-state index >= 15 is 0 Å². The number of benzene rings is 2. The lowest BCUT2D eigenvalue weighted by Crippen LogP contribution is -2.64. The third kappa shape index (κ3) is 4.46. The maximum absolute atomic E-state index is 13.5. The van der Waals surface area contributed by atoms with Gasteiger partial charge in [-0.3, -0.25) is 9.59 Å². The number of aliphatic carboxylic acids is 1. The number of carboxylic acid groups (broad SMARTS) is 1. The van der Waals surface area contributed by atoms with Gasteiger partial charge in [-0.05, 0) is 60.7 Å². The fourth-order valence-corrected chi connectivity index (χ4v) is 5.31. The summed E-state index contributed by atoms with van der Waals surface area (Å²) in [6.07, 6.45) is -3.81. The molecule has 186 valence electrons. The second-order valence-electron chi connectivity index (χ2n) is 8.58. The standard InChI is InChI=1S/C23H19Cl2F3N2O5/c24-15-9-14-18(10-16(15)25)30(20(32)11-1-3-12(4-2-11)35-23(26,27)28)17-6-5-13(17)19(14)22(29,7-8-31)21(33)34/h1-4,8-10,13,17,19H,5-7,29H2,(H,33,34). The van der Waals surface area contributed by atoms with E-state index in [9.17, 15) is 32.7 Å². The summed E-state index contributed by atoms with van der Waals surface area (Å²) < 4.78 is 41.3. The van der Waals surface area contributed by atoms with Crippen LogP contribution in [0.5, 0.6) is 5.75 Å². The van der Waals surface area contributed by atoms with E-state index in [0.29, 0.717) is 24.7 Å². The third-order valence-electron chi connectivity index (χ3n) is 6.64. The Balaban J connectivity index is 1.80. The molecular weight excluding hydrogens is 512 g/mol. The third-order valence-corrected chi connectivity index (χ3v) is 7.36. The van der Waals surface area contributed by atoms with E-state index in [4.69, 9.17) is 28.9 Å². The summed E-state index contributed by atoms with van der Waals surface area (Å²) in [5, 5.41) is 10.2. The van der Waals surface area contributed by atoms with Crippen LogP contribution in [0.2, 0.25) is 10.0 Å². The molecule has 4 rings (SSSR count). The maximum Gasteiger partial charge on any atom is 0.573 e. The van der Waals surface area contributed by atoms with Crippen LogP contribution in [0.1, 0.15) is 41.1 Å². The first-order valence-electron chi connectivity index (χ1n) is 10.5. The number of anilines is 1. The van der Waals surface area contributed by atoms with Crippen molar-refractivity contribution in [1.82, 2.24) is 0 Å². The van der Waals surface area contributed by atoms with Crippen LogP contribution in [0.3, 0.4) is 0 Å². The summed E-state index contributed by atoms with van der Waals surface area (Å²) in [5.41, 5.74) is 5.09. The molecule has 2 aromatic carbocycles. The molecule has 12 heteroatoms. The topological polar surface area (TPSA) is 110 Å². The number of amides is 1. The number of rotatable bonds is 6. The smallest absolute Gasteiger partial charge is 0.480 e. The molecule has 35 heavy (non-hydrogen) atoms. The number of nitrogens with zero attached hydrogens (tertiary/aromatic N) is 1. The van der Waals surface area contributed by atoms with Gasteiger partial charge in [0.15, 0.2) is 0 Å². The molecule has 4 unspecified atom stereocenters. The molecular formula is C23H19Cl2F3N2O5.